The highest BCUT2D eigenvalue weighted by Crippen LogP contribution is 2.26. The van der Waals surface area contributed by atoms with E-state index in [0.717, 1.165) is 45.0 Å². The second-order valence-electron chi connectivity index (χ2n) is 10.0. The van der Waals surface area contributed by atoms with Crippen molar-refractivity contribution in [1.82, 2.24) is 14.0 Å². The third-order valence-corrected chi connectivity index (χ3v) is 6.08. The summed E-state index contributed by atoms with van der Waals surface area (Å²) in [5, 5.41) is 3.63. The van der Waals surface area contributed by atoms with E-state index in [-0.39, 0.29) is 5.56 Å². The fourth-order valence-corrected chi connectivity index (χ4v) is 4.29. The molecular formula is C31H46N5O+. The molecular weight excluding hydrogens is 458 g/mol. The highest BCUT2D eigenvalue weighted by atomic mass is 16.1. The van der Waals surface area contributed by atoms with Gasteiger partial charge in [-0.1, -0.05) is 45.9 Å². The highest BCUT2D eigenvalue weighted by Gasteiger charge is 2.20. The molecule has 4 rings (SSSR count). The van der Waals surface area contributed by atoms with E-state index in [1.807, 2.05) is 59.1 Å². The van der Waals surface area contributed by atoms with Crippen molar-refractivity contribution in [3.63, 3.8) is 0 Å². The minimum absolute atomic E-state index is 0.0416. The zero-order valence-electron chi connectivity index (χ0n) is 24.7. The maximum absolute atomic E-state index is 12.8. The summed E-state index contributed by atoms with van der Waals surface area (Å²) < 4.78 is 4.63. The molecule has 0 spiro atoms. The van der Waals surface area contributed by atoms with Crippen LogP contribution in [-0.2, 0) is 13.1 Å². The molecule has 0 amide bonds. The largest absolute Gasteiger partial charge is 0.378 e. The molecule has 0 aliphatic heterocycles. The van der Waals surface area contributed by atoms with Crippen molar-refractivity contribution < 1.29 is 4.48 Å². The first-order valence-corrected chi connectivity index (χ1v) is 13.3. The lowest BCUT2D eigenvalue weighted by atomic mass is 10.0. The number of hydrogen-bond acceptors (Lipinski definition) is 3. The Balaban J connectivity index is 0.00000115. The Morgan fingerprint density at radius 1 is 0.919 bits per heavy atom. The van der Waals surface area contributed by atoms with Gasteiger partial charge < -0.3 is 9.80 Å². The van der Waals surface area contributed by atoms with Crippen molar-refractivity contribution in [2.24, 2.45) is 0 Å². The highest BCUT2D eigenvalue weighted by molar-refractivity contribution is 5.72. The van der Waals surface area contributed by atoms with Crippen LogP contribution in [0.2, 0.25) is 0 Å². The van der Waals surface area contributed by atoms with E-state index in [1.54, 1.807) is 10.6 Å². The van der Waals surface area contributed by atoms with Crippen molar-refractivity contribution in [2.45, 2.75) is 68.5 Å². The number of nitrogens with zero attached hydrogens (tertiary/aromatic N) is 4. The first-order valence-electron chi connectivity index (χ1n) is 13.3. The SMILES string of the molecule is CC.CC.Cc1ccn(-c2cc(NCc3c(C)cccc3C)c3nc(C)c(C[N+](C)(C)C)n3c2)c(=O)c1. The summed E-state index contributed by atoms with van der Waals surface area (Å²) in [6.07, 6.45) is 3.87. The molecule has 0 unspecified atom stereocenters. The van der Waals surface area contributed by atoms with Crippen LogP contribution < -0.4 is 10.9 Å². The molecule has 3 heterocycles. The van der Waals surface area contributed by atoms with Gasteiger partial charge in [-0.25, -0.2) is 4.98 Å². The summed E-state index contributed by atoms with van der Waals surface area (Å²) in [6.45, 7) is 17.8. The van der Waals surface area contributed by atoms with Crippen LogP contribution in [0.5, 0.6) is 0 Å². The molecule has 0 saturated carbocycles. The van der Waals surface area contributed by atoms with E-state index in [0.29, 0.717) is 6.54 Å². The van der Waals surface area contributed by atoms with Crippen LogP contribution in [-0.4, -0.2) is 39.6 Å². The Hall–Kier alpha value is -3.38. The van der Waals surface area contributed by atoms with Crippen LogP contribution in [0.4, 0.5) is 5.69 Å². The number of hydrogen-bond donors (Lipinski definition) is 1. The van der Waals surface area contributed by atoms with Crippen LogP contribution in [0.15, 0.2) is 53.6 Å². The average molecular weight is 505 g/mol. The van der Waals surface area contributed by atoms with E-state index in [2.05, 4.69) is 69.8 Å². The molecule has 0 bridgehead atoms. The zero-order valence-corrected chi connectivity index (χ0v) is 24.7. The Morgan fingerprint density at radius 2 is 1.54 bits per heavy atom. The summed E-state index contributed by atoms with van der Waals surface area (Å²) in [5.74, 6) is 0. The van der Waals surface area contributed by atoms with Crippen molar-refractivity contribution in [1.29, 1.82) is 0 Å². The molecule has 0 aliphatic rings. The molecule has 6 heteroatoms. The summed E-state index contributed by atoms with van der Waals surface area (Å²) in [6, 6.07) is 12.0. The Kier molecular flexibility index (Phi) is 10.3. The Labute approximate surface area is 223 Å². The van der Waals surface area contributed by atoms with Crippen LogP contribution in [0.1, 0.15) is 61.3 Å². The fourth-order valence-electron chi connectivity index (χ4n) is 4.29. The van der Waals surface area contributed by atoms with E-state index in [9.17, 15) is 4.79 Å². The number of pyridine rings is 2. The summed E-state index contributed by atoms with van der Waals surface area (Å²) >= 11 is 0. The molecule has 37 heavy (non-hydrogen) atoms. The molecule has 3 aromatic heterocycles. The number of aryl methyl sites for hydroxylation is 4. The van der Waals surface area contributed by atoms with E-state index in [4.69, 9.17) is 4.98 Å². The molecule has 0 saturated heterocycles. The second kappa shape index (κ2) is 12.7. The maximum atomic E-state index is 12.8. The van der Waals surface area contributed by atoms with Gasteiger partial charge in [-0.2, -0.15) is 0 Å². The molecule has 0 aliphatic carbocycles. The zero-order chi connectivity index (χ0) is 27.9. The molecule has 0 fully saturated rings. The summed E-state index contributed by atoms with van der Waals surface area (Å²) in [7, 11) is 6.52. The van der Waals surface area contributed by atoms with Crippen LogP contribution in [0.3, 0.4) is 0 Å². The lowest BCUT2D eigenvalue weighted by molar-refractivity contribution is -0.884. The number of fused-ring (bicyclic) bond motifs is 1. The third-order valence-electron chi connectivity index (χ3n) is 6.08. The van der Waals surface area contributed by atoms with Gasteiger partial charge in [0.25, 0.3) is 5.56 Å². The molecule has 0 atom stereocenters. The number of quaternary nitrogens is 1. The normalized spacial score (nSPS) is 10.9. The monoisotopic (exact) mass is 504 g/mol. The molecule has 200 valence electrons. The fraction of sp³-hybridized carbons (Fsp3) is 0.419. The second-order valence-corrected chi connectivity index (χ2v) is 10.0. The molecule has 4 aromatic rings. The standard InChI is InChI=1S/C27H34N5O.2C2H6/c1-18-11-12-30(26(33)13-18)22-14-24(28-15-23-19(2)9-8-10-20(23)3)27-29-21(4)25(31(27)16-22)17-32(5,6)7;2*1-2/h8-14,16,28H,15,17H2,1-7H3;2*1-2H3/q+1;;. The van der Waals surface area contributed by atoms with E-state index < -0.39 is 0 Å². The van der Waals surface area contributed by atoms with Crippen molar-refractivity contribution in [3.05, 3.63) is 92.8 Å². The van der Waals surface area contributed by atoms with Gasteiger partial charge in [0.1, 0.15) is 12.2 Å². The number of rotatable bonds is 6. The smallest absolute Gasteiger partial charge is 0.255 e. The van der Waals surface area contributed by atoms with E-state index >= 15 is 0 Å². The first kappa shape index (κ1) is 29.8. The number of nitrogens with one attached hydrogen (secondary N) is 1. The van der Waals surface area contributed by atoms with Gasteiger partial charge in [-0.3, -0.25) is 13.8 Å². The number of aromatic nitrogens is 3. The topological polar surface area (TPSA) is 51.3 Å². The summed E-state index contributed by atoms with van der Waals surface area (Å²) in [5.41, 5.74) is 9.48. The van der Waals surface area contributed by atoms with Crippen molar-refractivity contribution >= 4 is 11.3 Å². The predicted octanol–water partition coefficient (Wildman–Crippen LogP) is 6.59. The van der Waals surface area contributed by atoms with Crippen molar-refractivity contribution in [2.75, 3.05) is 26.5 Å². The third kappa shape index (κ3) is 7.10. The van der Waals surface area contributed by atoms with Gasteiger partial charge >= 0.3 is 0 Å². The number of imidazole rings is 1. The number of anilines is 1. The quantitative estimate of drug-likeness (QED) is 0.301. The molecule has 1 aromatic carbocycles. The van der Waals surface area contributed by atoms with Crippen molar-refractivity contribution in [3.8, 4) is 5.69 Å². The van der Waals surface area contributed by atoms with Gasteiger partial charge in [0.15, 0.2) is 5.65 Å². The Bertz CT molecular complexity index is 1370. The molecule has 6 nitrogen and oxygen atoms in total. The van der Waals surface area contributed by atoms with Gasteiger partial charge in [-0.05, 0) is 62.1 Å². The predicted molar refractivity (Wildman–Crippen MR) is 158 cm³/mol. The first-order chi connectivity index (χ1) is 17.5. The van der Waals surface area contributed by atoms with Gasteiger partial charge in [-0.15, -0.1) is 0 Å². The van der Waals surface area contributed by atoms with Gasteiger partial charge in [0.2, 0.25) is 0 Å². The minimum Gasteiger partial charge on any atom is -0.378 e. The van der Waals surface area contributed by atoms with Crippen LogP contribution >= 0.6 is 0 Å². The lowest BCUT2D eigenvalue weighted by Gasteiger charge is -2.24. The molecule has 0 radical (unpaired) electrons. The van der Waals surface area contributed by atoms with Gasteiger partial charge in [0, 0.05) is 25.0 Å². The van der Waals surface area contributed by atoms with Crippen LogP contribution in [0, 0.1) is 27.7 Å². The average Bonchev–Trinajstić information content (AvgIpc) is 3.15. The molecule has 1 N–H and O–H groups in total. The number of benzene rings is 1. The van der Waals surface area contributed by atoms with Gasteiger partial charge in [0.05, 0.1) is 38.2 Å². The minimum atomic E-state index is -0.0416. The van der Waals surface area contributed by atoms with E-state index in [1.165, 1.54) is 16.7 Å². The lowest BCUT2D eigenvalue weighted by Crippen LogP contribution is -2.34. The maximum Gasteiger partial charge on any atom is 0.255 e. The Morgan fingerprint density at radius 3 is 2.11 bits per heavy atom. The van der Waals surface area contributed by atoms with Crippen LogP contribution in [0.25, 0.3) is 11.3 Å². The summed E-state index contributed by atoms with van der Waals surface area (Å²) in [4.78, 5) is 17.7.